The van der Waals surface area contributed by atoms with Crippen LogP contribution < -0.4 is 5.73 Å². The third kappa shape index (κ3) is 3.19. The van der Waals surface area contributed by atoms with Gasteiger partial charge in [-0.15, -0.1) is 0 Å². The number of nitrogens with two attached hydrogens (primary N) is 1. The van der Waals surface area contributed by atoms with Crippen LogP contribution >= 0.6 is 0 Å². The van der Waals surface area contributed by atoms with Crippen LogP contribution in [0, 0.1) is 5.92 Å². The summed E-state index contributed by atoms with van der Waals surface area (Å²) in [5.74, 6) is 0.472. The fourth-order valence-electron chi connectivity index (χ4n) is 2.06. The Morgan fingerprint density at radius 3 is 2.69 bits per heavy atom. The minimum atomic E-state index is -0.236. The molecule has 1 heterocycles. The van der Waals surface area contributed by atoms with Gasteiger partial charge in [0, 0.05) is 19.2 Å². The van der Waals surface area contributed by atoms with E-state index in [0.29, 0.717) is 19.1 Å². The first-order valence-electron chi connectivity index (χ1n) is 6.20. The molecular formula is C12H24N2O2. The topological polar surface area (TPSA) is 55.6 Å². The molecule has 2 atom stereocenters. The zero-order valence-electron chi connectivity index (χ0n) is 10.6. The van der Waals surface area contributed by atoms with E-state index >= 15 is 0 Å². The number of hydrogen-bond donors (Lipinski definition) is 1. The maximum atomic E-state index is 12.3. The van der Waals surface area contributed by atoms with Gasteiger partial charge in [0.1, 0.15) is 6.10 Å². The lowest BCUT2D eigenvalue weighted by Crippen LogP contribution is -2.45. The average molecular weight is 228 g/mol. The number of ether oxygens (including phenoxy) is 1. The van der Waals surface area contributed by atoms with Crippen LogP contribution in [0.25, 0.3) is 0 Å². The molecule has 1 amide bonds. The maximum absolute atomic E-state index is 12.3. The number of carbonyl (C=O) groups excluding carboxylic acids is 1. The Hall–Kier alpha value is -0.610. The summed E-state index contributed by atoms with van der Waals surface area (Å²) in [6.45, 7) is 8.22. The Kier molecular flexibility index (Phi) is 5.22. The second-order valence-electron chi connectivity index (χ2n) is 4.82. The molecule has 94 valence electrons. The lowest BCUT2D eigenvalue weighted by atomic mass is 10.0. The Labute approximate surface area is 98.1 Å². The van der Waals surface area contributed by atoms with Crippen LogP contribution in [0.5, 0.6) is 0 Å². The van der Waals surface area contributed by atoms with Gasteiger partial charge >= 0.3 is 0 Å². The van der Waals surface area contributed by atoms with Crippen molar-refractivity contribution in [3.05, 3.63) is 0 Å². The van der Waals surface area contributed by atoms with E-state index in [0.717, 1.165) is 19.4 Å². The van der Waals surface area contributed by atoms with Crippen LogP contribution in [-0.4, -0.2) is 42.6 Å². The number of amides is 1. The van der Waals surface area contributed by atoms with Gasteiger partial charge in [0.2, 0.25) is 0 Å². The molecule has 1 aliphatic heterocycles. The van der Waals surface area contributed by atoms with E-state index < -0.39 is 0 Å². The van der Waals surface area contributed by atoms with Crippen molar-refractivity contribution < 1.29 is 9.53 Å². The van der Waals surface area contributed by atoms with E-state index in [-0.39, 0.29) is 18.1 Å². The van der Waals surface area contributed by atoms with Crippen molar-refractivity contribution in [1.82, 2.24) is 4.90 Å². The van der Waals surface area contributed by atoms with E-state index in [1.165, 1.54) is 0 Å². The molecule has 0 radical (unpaired) electrons. The van der Waals surface area contributed by atoms with Gasteiger partial charge in [-0.25, -0.2) is 0 Å². The van der Waals surface area contributed by atoms with Crippen LogP contribution in [-0.2, 0) is 9.53 Å². The highest BCUT2D eigenvalue weighted by atomic mass is 16.5. The Morgan fingerprint density at radius 1 is 1.56 bits per heavy atom. The van der Waals surface area contributed by atoms with Gasteiger partial charge in [0.05, 0.1) is 0 Å². The van der Waals surface area contributed by atoms with Gasteiger partial charge < -0.3 is 15.4 Å². The monoisotopic (exact) mass is 228 g/mol. The zero-order valence-corrected chi connectivity index (χ0v) is 10.6. The van der Waals surface area contributed by atoms with E-state index in [1.54, 1.807) is 0 Å². The molecular weight excluding hydrogens is 204 g/mol. The lowest BCUT2D eigenvalue weighted by Gasteiger charge is -2.30. The van der Waals surface area contributed by atoms with E-state index in [4.69, 9.17) is 10.5 Å². The maximum Gasteiger partial charge on any atom is 0.252 e. The molecule has 1 saturated heterocycles. The van der Waals surface area contributed by atoms with Gasteiger partial charge in [-0.2, -0.15) is 0 Å². The van der Waals surface area contributed by atoms with Gasteiger partial charge in [-0.1, -0.05) is 6.92 Å². The summed E-state index contributed by atoms with van der Waals surface area (Å²) in [5.41, 5.74) is 5.49. The summed E-state index contributed by atoms with van der Waals surface area (Å²) in [6, 6.07) is 0.218. The van der Waals surface area contributed by atoms with Crippen molar-refractivity contribution >= 4 is 5.91 Å². The van der Waals surface area contributed by atoms with Crippen molar-refractivity contribution in [3.63, 3.8) is 0 Å². The largest absolute Gasteiger partial charge is 0.368 e. The predicted octanol–water partition coefficient (Wildman–Crippen LogP) is 0.997. The van der Waals surface area contributed by atoms with Crippen molar-refractivity contribution in [2.24, 2.45) is 11.7 Å². The third-order valence-corrected chi connectivity index (χ3v) is 3.14. The summed E-state index contributed by atoms with van der Waals surface area (Å²) in [7, 11) is 0. The number of rotatable bonds is 5. The zero-order chi connectivity index (χ0) is 12.1. The molecule has 0 aromatic carbocycles. The molecule has 1 aliphatic rings. The molecule has 16 heavy (non-hydrogen) atoms. The van der Waals surface area contributed by atoms with Crippen molar-refractivity contribution in [1.29, 1.82) is 0 Å². The first-order chi connectivity index (χ1) is 7.57. The van der Waals surface area contributed by atoms with Crippen LogP contribution in [0.4, 0.5) is 0 Å². The fraction of sp³-hybridized carbons (Fsp3) is 0.917. The molecule has 2 N–H and O–H groups in total. The molecule has 4 heteroatoms. The molecule has 1 rings (SSSR count). The molecule has 0 spiro atoms. The summed E-state index contributed by atoms with van der Waals surface area (Å²) >= 11 is 0. The number of nitrogens with zero attached hydrogens (tertiary/aromatic N) is 1. The van der Waals surface area contributed by atoms with Crippen molar-refractivity contribution in [3.8, 4) is 0 Å². The van der Waals surface area contributed by atoms with E-state index in [9.17, 15) is 4.79 Å². The fourth-order valence-corrected chi connectivity index (χ4v) is 2.06. The van der Waals surface area contributed by atoms with Gasteiger partial charge in [-0.05, 0) is 39.2 Å². The summed E-state index contributed by atoms with van der Waals surface area (Å²) in [5, 5.41) is 0. The molecule has 2 unspecified atom stereocenters. The van der Waals surface area contributed by atoms with Crippen molar-refractivity contribution in [2.75, 3.05) is 19.7 Å². The normalized spacial score (nSPS) is 25.1. The average Bonchev–Trinajstić information content (AvgIpc) is 2.64. The molecule has 1 fully saturated rings. The summed E-state index contributed by atoms with van der Waals surface area (Å²) in [6.07, 6.45) is 1.60. The van der Waals surface area contributed by atoms with Gasteiger partial charge in [-0.3, -0.25) is 4.79 Å². The molecule has 0 saturated carbocycles. The highest BCUT2D eigenvalue weighted by molar-refractivity contribution is 5.81. The van der Waals surface area contributed by atoms with Crippen LogP contribution in [0.1, 0.15) is 33.6 Å². The standard InChI is InChI=1S/C12H24N2O2/c1-9(2)14(7-4-6-13)12(15)11-10(3)5-8-16-11/h9-11H,4-8,13H2,1-3H3. The molecule has 0 aromatic heterocycles. The molecule has 0 bridgehead atoms. The second kappa shape index (κ2) is 6.21. The quantitative estimate of drug-likeness (QED) is 0.763. The molecule has 0 aliphatic carbocycles. The highest BCUT2D eigenvalue weighted by Gasteiger charge is 2.34. The summed E-state index contributed by atoms with van der Waals surface area (Å²) in [4.78, 5) is 14.2. The number of carbonyl (C=O) groups is 1. The Bertz CT molecular complexity index is 231. The van der Waals surface area contributed by atoms with Gasteiger partial charge in [0.15, 0.2) is 0 Å². The first kappa shape index (κ1) is 13.5. The summed E-state index contributed by atoms with van der Waals surface area (Å²) < 4.78 is 5.52. The highest BCUT2D eigenvalue weighted by Crippen LogP contribution is 2.22. The van der Waals surface area contributed by atoms with Crippen LogP contribution in [0.15, 0.2) is 0 Å². The third-order valence-electron chi connectivity index (χ3n) is 3.14. The minimum absolute atomic E-state index is 0.133. The minimum Gasteiger partial charge on any atom is -0.368 e. The lowest BCUT2D eigenvalue weighted by molar-refractivity contribution is -0.144. The van der Waals surface area contributed by atoms with E-state index in [1.807, 2.05) is 18.7 Å². The van der Waals surface area contributed by atoms with Gasteiger partial charge in [0.25, 0.3) is 5.91 Å². The SMILES string of the molecule is CC1CCOC1C(=O)N(CCCN)C(C)C. The van der Waals surface area contributed by atoms with Crippen LogP contribution in [0.3, 0.4) is 0 Å². The second-order valence-corrected chi connectivity index (χ2v) is 4.82. The predicted molar refractivity (Wildman–Crippen MR) is 64.0 cm³/mol. The Balaban J connectivity index is 2.59. The smallest absolute Gasteiger partial charge is 0.252 e. The van der Waals surface area contributed by atoms with E-state index in [2.05, 4.69) is 6.92 Å². The van der Waals surface area contributed by atoms with Crippen molar-refractivity contribution in [2.45, 2.75) is 45.8 Å². The Morgan fingerprint density at radius 2 is 2.25 bits per heavy atom. The first-order valence-corrected chi connectivity index (χ1v) is 6.20. The van der Waals surface area contributed by atoms with Crippen LogP contribution in [0.2, 0.25) is 0 Å². The molecule has 4 nitrogen and oxygen atoms in total. The molecule has 0 aromatic rings. The number of hydrogen-bond acceptors (Lipinski definition) is 3.